The maximum absolute atomic E-state index is 12.7. The van der Waals surface area contributed by atoms with E-state index in [0.717, 1.165) is 25.0 Å². The second-order valence-corrected chi connectivity index (χ2v) is 7.40. The Bertz CT molecular complexity index is 952. The molecule has 0 radical (unpaired) electrons. The number of amides is 1. The number of carbonyl (C=O) groups excluding carboxylic acids is 1. The van der Waals surface area contributed by atoms with Crippen LogP contribution in [-0.2, 0) is 6.18 Å². The molecule has 1 fully saturated rings. The number of aromatic nitrogens is 2. The molecule has 2 aromatic heterocycles. The minimum Gasteiger partial charge on any atom is -0.420 e. The lowest BCUT2D eigenvalue weighted by Gasteiger charge is -2.30. The van der Waals surface area contributed by atoms with Crippen molar-refractivity contribution in [1.29, 1.82) is 0 Å². The highest BCUT2D eigenvalue weighted by atomic mass is 32.1. The lowest BCUT2D eigenvalue weighted by Crippen LogP contribution is -2.39. The summed E-state index contributed by atoms with van der Waals surface area (Å²) in [7, 11) is 0. The molecule has 9 heteroatoms. The summed E-state index contributed by atoms with van der Waals surface area (Å²) in [6, 6.07) is 6.40. The van der Waals surface area contributed by atoms with E-state index in [4.69, 9.17) is 4.42 Å². The van der Waals surface area contributed by atoms with Crippen LogP contribution >= 0.6 is 11.3 Å². The van der Waals surface area contributed by atoms with E-state index in [9.17, 15) is 18.0 Å². The fourth-order valence-electron chi connectivity index (χ4n) is 3.25. The topological polar surface area (TPSA) is 59.2 Å². The second kappa shape index (κ2) is 7.38. The quantitative estimate of drug-likeness (QED) is 0.624. The molecular weight excluding hydrogens is 391 g/mol. The molecule has 28 heavy (non-hydrogen) atoms. The molecule has 1 unspecified atom stereocenters. The highest BCUT2D eigenvalue weighted by Crippen LogP contribution is 2.32. The molecule has 0 bridgehead atoms. The monoisotopic (exact) mass is 407 g/mol. The molecule has 146 valence electrons. The van der Waals surface area contributed by atoms with Crippen molar-refractivity contribution >= 4 is 17.2 Å². The van der Waals surface area contributed by atoms with E-state index in [0.29, 0.717) is 30.1 Å². The minimum atomic E-state index is -4.39. The average Bonchev–Trinajstić information content (AvgIpc) is 3.39. The molecule has 1 atom stereocenters. The Morgan fingerprint density at radius 2 is 1.96 bits per heavy atom. The standard InChI is InChI=1S/C19H16F3N3O2S/c20-19(21,22)15-5-3-12(4-6-15)16-23-24-17(27-16)13-2-1-8-25(10-13)18(26)14-7-9-28-11-14/h3-7,9,11,13H,1-2,8,10H2. The summed E-state index contributed by atoms with van der Waals surface area (Å²) in [4.78, 5) is 14.3. The zero-order valence-electron chi connectivity index (χ0n) is 14.6. The summed E-state index contributed by atoms with van der Waals surface area (Å²) in [5.74, 6) is 0.461. The molecule has 0 N–H and O–H groups in total. The summed E-state index contributed by atoms with van der Waals surface area (Å²) >= 11 is 1.47. The fourth-order valence-corrected chi connectivity index (χ4v) is 3.88. The maximum Gasteiger partial charge on any atom is 0.416 e. The first-order chi connectivity index (χ1) is 13.4. The Hall–Kier alpha value is -2.68. The summed E-state index contributed by atoms with van der Waals surface area (Å²) < 4.78 is 43.8. The van der Waals surface area contributed by atoms with Crippen LogP contribution in [0.25, 0.3) is 11.5 Å². The third-order valence-corrected chi connectivity index (χ3v) is 5.41. The summed E-state index contributed by atoms with van der Waals surface area (Å²) in [5, 5.41) is 11.7. The number of hydrogen-bond acceptors (Lipinski definition) is 5. The van der Waals surface area contributed by atoms with E-state index in [1.54, 1.807) is 11.0 Å². The van der Waals surface area contributed by atoms with Crippen molar-refractivity contribution in [2.45, 2.75) is 24.9 Å². The van der Waals surface area contributed by atoms with Gasteiger partial charge < -0.3 is 9.32 Å². The summed E-state index contributed by atoms with van der Waals surface area (Å²) in [5.41, 5.74) is 0.362. The number of nitrogens with zero attached hydrogens (tertiary/aromatic N) is 3. The van der Waals surface area contributed by atoms with E-state index in [1.165, 1.54) is 23.5 Å². The van der Waals surface area contributed by atoms with Crippen LogP contribution in [0.2, 0.25) is 0 Å². The number of halogens is 3. The number of benzene rings is 1. The molecule has 0 saturated carbocycles. The van der Waals surface area contributed by atoms with Crippen LogP contribution in [0, 0.1) is 0 Å². The van der Waals surface area contributed by atoms with Crippen LogP contribution in [0.3, 0.4) is 0 Å². The molecule has 4 rings (SSSR count). The number of hydrogen-bond donors (Lipinski definition) is 0. The third-order valence-electron chi connectivity index (χ3n) is 4.73. The lowest BCUT2D eigenvalue weighted by molar-refractivity contribution is -0.137. The van der Waals surface area contributed by atoms with Gasteiger partial charge in [-0.15, -0.1) is 10.2 Å². The van der Waals surface area contributed by atoms with E-state index < -0.39 is 11.7 Å². The van der Waals surface area contributed by atoms with Gasteiger partial charge in [-0.25, -0.2) is 0 Å². The van der Waals surface area contributed by atoms with Crippen LogP contribution in [0.15, 0.2) is 45.5 Å². The fraction of sp³-hybridized carbons (Fsp3) is 0.316. The maximum atomic E-state index is 12.7. The molecule has 3 heterocycles. The first kappa shape index (κ1) is 18.7. The van der Waals surface area contributed by atoms with Crippen LogP contribution in [0.1, 0.15) is 40.6 Å². The number of rotatable bonds is 3. The molecule has 1 aliphatic rings. The number of alkyl halides is 3. The zero-order valence-corrected chi connectivity index (χ0v) is 15.5. The summed E-state index contributed by atoms with van der Waals surface area (Å²) in [6.45, 7) is 1.15. The van der Waals surface area contributed by atoms with Crippen LogP contribution in [0.4, 0.5) is 13.2 Å². The van der Waals surface area contributed by atoms with Gasteiger partial charge in [0, 0.05) is 24.0 Å². The number of carbonyl (C=O) groups is 1. The predicted octanol–water partition coefficient (Wildman–Crippen LogP) is 4.84. The normalized spacial score (nSPS) is 17.7. The second-order valence-electron chi connectivity index (χ2n) is 6.62. The molecule has 0 aliphatic carbocycles. The van der Waals surface area contributed by atoms with Crippen LogP contribution in [0.5, 0.6) is 0 Å². The van der Waals surface area contributed by atoms with Crippen molar-refractivity contribution < 1.29 is 22.4 Å². The van der Waals surface area contributed by atoms with Gasteiger partial charge in [-0.3, -0.25) is 4.79 Å². The van der Waals surface area contributed by atoms with Crippen LogP contribution < -0.4 is 0 Å². The molecular formula is C19H16F3N3O2S. The average molecular weight is 407 g/mol. The van der Waals surface area contributed by atoms with E-state index in [2.05, 4.69) is 10.2 Å². The van der Waals surface area contributed by atoms with Crippen molar-refractivity contribution in [3.63, 3.8) is 0 Å². The minimum absolute atomic E-state index is 0.0200. The Labute approximate surface area is 162 Å². The zero-order chi connectivity index (χ0) is 19.7. The van der Waals surface area contributed by atoms with Gasteiger partial charge in [0.05, 0.1) is 17.0 Å². The van der Waals surface area contributed by atoms with Crippen molar-refractivity contribution in [2.75, 3.05) is 13.1 Å². The van der Waals surface area contributed by atoms with Gasteiger partial charge in [0.1, 0.15) is 0 Å². The van der Waals surface area contributed by atoms with Crippen molar-refractivity contribution in [1.82, 2.24) is 15.1 Å². The van der Waals surface area contributed by atoms with Gasteiger partial charge >= 0.3 is 6.18 Å². The lowest BCUT2D eigenvalue weighted by atomic mass is 9.97. The Balaban J connectivity index is 1.48. The molecule has 1 aliphatic heterocycles. The summed E-state index contributed by atoms with van der Waals surface area (Å²) in [6.07, 6.45) is -2.76. The first-order valence-corrected chi connectivity index (χ1v) is 9.68. The van der Waals surface area contributed by atoms with Crippen molar-refractivity contribution in [2.24, 2.45) is 0 Å². The van der Waals surface area contributed by atoms with E-state index >= 15 is 0 Å². The van der Waals surface area contributed by atoms with Crippen LogP contribution in [-0.4, -0.2) is 34.1 Å². The molecule has 1 saturated heterocycles. The Kier molecular flexibility index (Phi) is 4.92. The SMILES string of the molecule is O=C(c1ccsc1)N1CCCC(c2nnc(-c3ccc(C(F)(F)F)cc3)o2)C1. The highest BCUT2D eigenvalue weighted by molar-refractivity contribution is 7.08. The highest BCUT2D eigenvalue weighted by Gasteiger charge is 2.31. The van der Waals surface area contributed by atoms with Gasteiger partial charge in [0.15, 0.2) is 0 Å². The smallest absolute Gasteiger partial charge is 0.416 e. The Morgan fingerprint density at radius 3 is 2.64 bits per heavy atom. The molecule has 1 aromatic carbocycles. The largest absolute Gasteiger partial charge is 0.420 e. The number of likely N-dealkylation sites (tertiary alicyclic amines) is 1. The predicted molar refractivity (Wildman–Crippen MR) is 96.9 cm³/mol. The van der Waals surface area contributed by atoms with Gasteiger partial charge in [0.25, 0.3) is 5.91 Å². The van der Waals surface area contributed by atoms with Crippen molar-refractivity contribution in [3.8, 4) is 11.5 Å². The van der Waals surface area contributed by atoms with Gasteiger partial charge in [-0.1, -0.05) is 0 Å². The molecule has 5 nitrogen and oxygen atoms in total. The van der Waals surface area contributed by atoms with E-state index in [-0.39, 0.29) is 17.7 Å². The first-order valence-electron chi connectivity index (χ1n) is 8.74. The molecule has 3 aromatic rings. The third kappa shape index (κ3) is 3.80. The van der Waals surface area contributed by atoms with Crippen molar-refractivity contribution in [3.05, 3.63) is 58.1 Å². The number of thiophene rings is 1. The Morgan fingerprint density at radius 1 is 1.18 bits per heavy atom. The van der Waals surface area contributed by atoms with Gasteiger partial charge in [0.2, 0.25) is 11.8 Å². The van der Waals surface area contributed by atoms with Gasteiger partial charge in [-0.05, 0) is 48.6 Å². The molecule has 0 spiro atoms. The van der Waals surface area contributed by atoms with Gasteiger partial charge in [-0.2, -0.15) is 24.5 Å². The molecule has 1 amide bonds. The van der Waals surface area contributed by atoms with E-state index in [1.807, 2.05) is 10.8 Å². The number of piperidine rings is 1.